The molecule has 2 heteroatoms. The summed E-state index contributed by atoms with van der Waals surface area (Å²) in [6.07, 6.45) is 1.20. The lowest BCUT2D eigenvalue weighted by molar-refractivity contribution is 0.647. The fraction of sp³-hybridized carbons (Fsp3) is 0.400. The van der Waals surface area contributed by atoms with Gasteiger partial charge in [-0.15, -0.1) is 0 Å². The van der Waals surface area contributed by atoms with Crippen molar-refractivity contribution in [2.75, 3.05) is 0 Å². The zero-order valence-corrected chi connectivity index (χ0v) is 7.67. The Labute approximate surface area is 73.9 Å². The Morgan fingerprint density at radius 2 is 1.50 bits per heavy atom. The van der Waals surface area contributed by atoms with Crippen molar-refractivity contribution in [2.24, 2.45) is 5.92 Å². The van der Waals surface area contributed by atoms with Crippen molar-refractivity contribution in [1.29, 1.82) is 0 Å². The van der Waals surface area contributed by atoms with E-state index >= 15 is 0 Å². The van der Waals surface area contributed by atoms with E-state index in [-0.39, 0.29) is 11.0 Å². The second-order valence-electron chi connectivity index (χ2n) is 3.08. The van der Waals surface area contributed by atoms with Crippen LogP contribution in [0.3, 0.4) is 0 Å². The first-order valence-electron chi connectivity index (χ1n) is 3.83. The van der Waals surface area contributed by atoms with Crippen LogP contribution in [0.15, 0.2) is 30.3 Å². The quantitative estimate of drug-likeness (QED) is 0.641. The average Bonchev–Trinajstić information content (AvgIpc) is 1.88. The molecule has 0 aromatic heterocycles. The van der Waals surface area contributed by atoms with Gasteiger partial charge in [0.2, 0.25) is 0 Å². The van der Waals surface area contributed by atoms with Gasteiger partial charge in [0, 0.05) is 0 Å². The topological polar surface area (TPSA) is 63.0 Å². The molecule has 0 aliphatic carbocycles. The maximum absolute atomic E-state index is 2.24. The van der Waals surface area contributed by atoms with Gasteiger partial charge in [-0.25, -0.2) is 0 Å². The second kappa shape index (κ2) is 6.83. The molecule has 70 valence electrons. The van der Waals surface area contributed by atoms with Crippen LogP contribution in [0.4, 0.5) is 0 Å². The molecular weight excluding hydrogens is 152 g/mol. The van der Waals surface area contributed by atoms with Gasteiger partial charge in [-0.05, 0) is 17.9 Å². The standard InChI is InChI=1S/C10H14.2H2O/c1-9(2)8-10-6-4-3-5-7-10;;/h3-7,9H,8H2,1-2H3;2*1H2. The molecule has 0 amide bonds. The lowest BCUT2D eigenvalue weighted by Crippen LogP contribution is -1.92. The van der Waals surface area contributed by atoms with Crippen LogP contribution in [0.5, 0.6) is 0 Å². The molecule has 2 nitrogen and oxygen atoms in total. The highest BCUT2D eigenvalue weighted by molar-refractivity contribution is 5.14. The predicted octanol–water partition coefficient (Wildman–Crippen LogP) is 1.24. The smallest absolute Gasteiger partial charge is 0.0256 e. The maximum Gasteiger partial charge on any atom is -0.0256 e. The summed E-state index contributed by atoms with van der Waals surface area (Å²) in [6.45, 7) is 4.49. The van der Waals surface area contributed by atoms with E-state index < -0.39 is 0 Å². The molecule has 1 aromatic carbocycles. The summed E-state index contributed by atoms with van der Waals surface area (Å²) in [5, 5.41) is 0. The van der Waals surface area contributed by atoms with Gasteiger partial charge in [0.05, 0.1) is 0 Å². The van der Waals surface area contributed by atoms with Crippen LogP contribution in [0.25, 0.3) is 0 Å². The molecule has 1 rings (SSSR count). The Hall–Kier alpha value is -0.860. The van der Waals surface area contributed by atoms with Crippen LogP contribution in [-0.2, 0) is 6.42 Å². The molecule has 0 aliphatic rings. The molecule has 1 aromatic rings. The minimum absolute atomic E-state index is 0. The molecule has 12 heavy (non-hydrogen) atoms. The molecule has 0 radical (unpaired) electrons. The number of hydrogen-bond acceptors (Lipinski definition) is 0. The van der Waals surface area contributed by atoms with E-state index in [1.54, 1.807) is 0 Å². The highest BCUT2D eigenvalue weighted by atomic mass is 16.0. The molecule has 0 heterocycles. The lowest BCUT2D eigenvalue weighted by Gasteiger charge is -2.02. The van der Waals surface area contributed by atoms with Crippen LogP contribution in [0, 0.1) is 5.92 Å². The third kappa shape index (κ3) is 4.88. The van der Waals surface area contributed by atoms with Gasteiger partial charge in [-0.3, -0.25) is 0 Å². The van der Waals surface area contributed by atoms with Crippen LogP contribution in [0.1, 0.15) is 19.4 Å². The Kier molecular flexibility index (Phi) is 7.80. The largest absolute Gasteiger partial charge is 0.412 e. The summed E-state index contributed by atoms with van der Waals surface area (Å²) < 4.78 is 0. The van der Waals surface area contributed by atoms with Gasteiger partial charge in [0.25, 0.3) is 0 Å². The Morgan fingerprint density at radius 1 is 1.00 bits per heavy atom. The van der Waals surface area contributed by atoms with Crippen molar-refractivity contribution < 1.29 is 11.0 Å². The van der Waals surface area contributed by atoms with Gasteiger partial charge in [0.1, 0.15) is 0 Å². The van der Waals surface area contributed by atoms with E-state index in [0.717, 1.165) is 5.92 Å². The summed E-state index contributed by atoms with van der Waals surface area (Å²) >= 11 is 0. The van der Waals surface area contributed by atoms with Gasteiger partial charge in [-0.2, -0.15) is 0 Å². The molecule has 0 bridgehead atoms. The first kappa shape index (κ1) is 13.7. The highest BCUT2D eigenvalue weighted by Gasteiger charge is 1.94. The summed E-state index contributed by atoms with van der Waals surface area (Å²) in [5.41, 5.74) is 1.44. The molecule has 0 saturated carbocycles. The summed E-state index contributed by atoms with van der Waals surface area (Å²) in [5.74, 6) is 0.766. The minimum Gasteiger partial charge on any atom is -0.412 e. The van der Waals surface area contributed by atoms with Gasteiger partial charge >= 0.3 is 0 Å². The summed E-state index contributed by atoms with van der Waals surface area (Å²) in [6, 6.07) is 10.6. The van der Waals surface area contributed by atoms with E-state index in [0.29, 0.717) is 0 Å². The van der Waals surface area contributed by atoms with Crippen LogP contribution >= 0.6 is 0 Å². The van der Waals surface area contributed by atoms with Crippen LogP contribution < -0.4 is 0 Å². The number of benzene rings is 1. The monoisotopic (exact) mass is 170 g/mol. The molecule has 0 unspecified atom stereocenters. The Bertz CT molecular complexity index is 182. The SMILES string of the molecule is CC(C)Cc1ccccc1.O.O. The van der Waals surface area contributed by atoms with Crippen LogP contribution in [-0.4, -0.2) is 11.0 Å². The maximum atomic E-state index is 2.24. The third-order valence-electron chi connectivity index (χ3n) is 1.49. The van der Waals surface area contributed by atoms with E-state index in [2.05, 4.69) is 44.2 Å². The van der Waals surface area contributed by atoms with Crippen molar-refractivity contribution in [3.63, 3.8) is 0 Å². The zero-order chi connectivity index (χ0) is 7.40. The number of hydrogen-bond donors (Lipinski definition) is 0. The van der Waals surface area contributed by atoms with E-state index in [9.17, 15) is 0 Å². The molecule has 0 saturated heterocycles. The Morgan fingerprint density at radius 3 is 1.92 bits per heavy atom. The van der Waals surface area contributed by atoms with Crippen molar-refractivity contribution >= 4 is 0 Å². The van der Waals surface area contributed by atoms with Gasteiger partial charge in [-0.1, -0.05) is 44.2 Å². The fourth-order valence-electron chi connectivity index (χ4n) is 1.09. The number of rotatable bonds is 2. The predicted molar refractivity (Wildman–Crippen MR) is 52.2 cm³/mol. The van der Waals surface area contributed by atoms with Gasteiger partial charge in [0.15, 0.2) is 0 Å². The van der Waals surface area contributed by atoms with E-state index in [1.165, 1.54) is 12.0 Å². The molecule has 0 aliphatic heterocycles. The van der Waals surface area contributed by atoms with Crippen molar-refractivity contribution in [3.8, 4) is 0 Å². The summed E-state index contributed by atoms with van der Waals surface area (Å²) in [7, 11) is 0. The highest BCUT2D eigenvalue weighted by Crippen LogP contribution is 2.05. The van der Waals surface area contributed by atoms with Crippen molar-refractivity contribution in [3.05, 3.63) is 35.9 Å². The summed E-state index contributed by atoms with van der Waals surface area (Å²) in [4.78, 5) is 0. The normalized spacial score (nSPS) is 8.58. The van der Waals surface area contributed by atoms with E-state index in [1.807, 2.05) is 0 Å². The van der Waals surface area contributed by atoms with Crippen LogP contribution in [0.2, 0.25) is 0 Å². The van der Waals surface area contributed by atoms with Crippen molar-refractivity contribution in [1.82, 2.24) is 0 Å². The van der Waals surface area contributed by atoms with Crippen molar-refractivity contribution in [2.45, 2.75) is 20.3 Å². The second-order valence-corrected chi connectivity index (χ2v) is 3.08. The molecule has 0 spiro atoms. The van der Waals surface area contributed by atoms with Gasteiger partial charge < -0.3 is 11.0 Å². The fourth-order valence-corrected chi connectivity index (χ4v) is 1.09. The molecule has 4 N–H and O–H groups in total. The lowest BCUT2D eigenvalue weighted by atomic mass is 10.0. The molecule has 0 fully saturated rings. The zero-order valence-electron chi connectivity index (χ0n) is 7.67. The minimum atomic E-state index is 0. The molecule has 0 atom stereocenters. The first-order valence-corrected chi connectivity index (χ1v) is 3.83. The third-order valence-corrected chi connectivity index (χ3v) is 1.49. The Balaban J connectivity index is 0. The van der Waals surface area contributed by atoms with E-state index in [4.69, 9.17) is 0 Å². The first-order chi connectivity index (χ1) is 4.79. The molecular formula is C10H18O2. The average molecular weight is 170 g/mol.